The molecular formula is C34H51B2NO4. The van der Waals surface area contributed by atoms with Gasteiger partial charge in [0.15, 0.2) is 0 Å². The zero-order chi connectivity index (χ0) is 30.0. The van der Waals surface area contributed by atoms with E-state index in [2.05, 4.69) is 105 Å². The van der Waals surface area contributed by atoms with Crippen molar-refractivity contribution in [1.29, 1.82) is 0 Å². The Balaban J connectivity index is 1.62. The van der Waals surface area contributed by atoms with Crippen molar-refractivity contribution in [2.45, 2.75) is 144 Å². The maximum absolute atomic E-state index is 6.51. The predicted molar refractivity (Wildman–Crippen MR) is 174 cm³/mol. The molecule has 2 fully saturated rings. The number of benzene rings is 2. The van der Waals surface area contributed by atoms with Crippen molar-refractivity contribution in [3.63, 3.8) is 0 Å². The van der Waals surface area contributed by atoms with E-state index < -0.39 is 0 Å². The van der Waals surface area contributed by atoms with Gasteiger partial charge < -0.3 is 23.2 Å². The fourth-order valence-corrected chi connectivity index (χ4v) is 6.40. The van der Waals surface area contributed by atoms with Gasteiger partial charge >= 0.3 is 14.2 Å². The molecule has 5 nitrogen and oxygen atoms in total. The Bertz CT molecular complexity index is 1310. The summed E-state index contributed by atoms with van der Waals surface area (Å²) in [4.78, 5) is 0. The molecule has 0 N–H and O–H groups in total. The Labute approximate surface area is 248 Å². The summed E-state index contributed by atoms with van der Waals surface area (Å²) in [6, 6.07) is 8.98. The second kappa shape index (κ2) is 10.7. The van der Waals surface area contributed by atoms with Gasteiger partial charge in [-0.05, 0) is 97.7 Å². The summed E-state index contributed by atoms with van der Waals surface area (Å²) in [7, 11) is -0.766. The summed E-state index contributed by atoms with van der Waals surface area (Å²) in [5, 5.41) is 2.57. The minimum Gasteiger partial charge on any atom is -0.399 e. The molecule has 5 rings (SSSR count). The van der Waals surface area contributed by atoms with Crippen LogP contribution >= 0.6 is 0 Å². The van der Waals surface area contributed by atoms with Crippen molar-refractivity contribution in [2.24, 2.45) is 0 Å². The number of hydrogen-bond donors (Lipinski definition) is 0. The van der Waals surface area contributed by atoms with Crippen molar-refractivity contribution in [1.82, 2.24) is 4.57 Å². The Kier molecular flexibility index (Phi) is 8.03. The van der Waals surface area contributed by atoms with Crippen molar-refractivity contribution >= 4 is 47.0 Å². The molecular weight excluding hydrogens is 508 g/mol. The summed E-state index contributed by atoms with van der Waals surface area (Å²) in [5.41, 5.74) is 5.78. The van der Waals surface area contributed by atoms with Crippen LogP contribution in [0.15, 0.2) is 24.3 Å². The Morgan fingerprint density at radius 1 is 0.561 bits per heavy atom. The standard InChI is InChI=1S/C34H51B2NO4/c1-12-13-14-15-16-17-22-37-29-23(2)27(35-38-31(4,5)32(6,7)39-35)20-18-25(29)26-19-21-28(24(3)30(26)37)36-40-33(8,9)34(10,11)41-36/h18-21H,12-17,22H2,1-11H3. The molecule has 0 amide bonds. The lowest BCUT2D eigenvalue weighted by Crippen LogP contribution is -2.41. The van der Waals surface area contributed by atoms with Gasteiger partial charge in [-0.25, -0.2) is 0 Å². The highest BCUT2D eigenvalue weighted by Crippen LogP contribution is 2.40. The third kappa shape index (κ3) is 5.19. The molecule has 0 atom stereocenters. The minimum absolute atomic E-state index is 0.376. The Morgan fingerprint density at radius 2 is 0.927 bits per heavy atom. The van der Waals surface area contributed by atoms with E-state index >= 15 is 0 Å². The predicted octanol–water partition coefficient (Wildman–Crippen LogP) is 7.37. The molecule has 3 heterocycles. The van der Waals surface area contributed by atoms with Crippen LogP contribution in [0.4, 0.5) is 0 Å². The van der Waals surface area contributed by atoms with Gasteiger partial charge in [0.05, 0.1) is 33.4 Å². The molecule has 2 aliphatic rings. The van der Waals surface area contributed by atoms with Gasteiger partial charge in [0.25, 0.3) is 0 Å². The first kappa shape index (κ1) is 30.7. The van der Waals surface area contributed by atoms with Gasteiger partial charge in [-0.3, -0.25) is 0 Å². The minimum atomic E-state index is -0.383. The van der Waals surface area contributed by atoms with E-state index in [1.54, 1.807) is 0 Å². The Morgan fingerprint density at radius 3 is 1.32 bits per heavy atom. The van der Waals surface area contributed by atoms with Gasteiger partial charge in [0.1, 0.15) is 0 Å². The van der Waals surface area contributed by atoms with Crippen molar-refractivity contribution in [2.75, 3.05) is 0 Å². The molecule has 2 aliphatic heterocycles. The van der Waals surface area contributed by atoms with Gasteiger partial charge in [0, 0.05) is 17.3 Å². The van der Waals surface area contributed by atoms with Gasteiger partial charge in [-0.2, -0.15) is 0 Å². The highest BCUT2D eigenvalue weighted by atomic mass is 16.7. The molecule has 0 saturated carbocycles. The van der Waals surface area contributed by atoms with Gasteiger partial charge in [-0.15, -0.1) is 0 Å². The van der Waals surface area contributed by atoms with Crippen LogP contribution in [-0.2, 0) is 25.2 Å². The molecule has 7 heteroatoms. The van der Waals surface area contributed by atoms with E-state index in [9.17, 15) is 0 Å². The van der Waals surface area contributed by atoms with E-state index in [1.165, 1.54) is 65.0 Å². The topological polar surface area (TPSA) is 41.9 Å². The number of aromatic nitrogens is 1. The highest BCUT2D eigenvalue weighted by molar-refractivity contribution is 6.63. The number of hydrogen-bond acceptors (Lipinski definition) is 4. The molecule has 3 aromatic rings. The number of fused-ring (bicyclic) bond motifs is 3. The maximum Gasteiger partial charge on any atom is 0.495 e. The van der Waals surface area contributed by atoms with Crippen LogP contribution in [0.25, 0.3) is 21.8 Å². The monoisotopic (exact) mass is 559 g/mol. The number of unbranched alkanes of at least 4 members (excludes halogenated alkanes) is 5. The van der Waals surface area contributed by atoms with Crippen LogP contribution in [0.1, 0.15) is 112 Å². The summed E-state index contributed by atoms with van der Waals surface area (Å²) in [6.45, 7) is 24.7. The second-order valence-corrected chi connectivity index (χ2v) is 14.4. The third-order valence-corrected chi connectivity index (χ3v) is 10.5. The zero-order valence-electron chi connectivity index (χ0n) is 27.5. The lowest BCUT2D eigenvalue weighted by molar-refractivity contribution is 0.00578. The number of nitrogens with zero attached hydrogens (tertiary/aromatic N) is 1. The summed E-state index contributed by atoms with van der Waals surface area (Å²) in [6.07, 6.45) is 7.61. The lowest BCUT2D eigenvalue weighted by Gasteiger charge is -2.32. The van der Waals surface area contributed by atoms with Crippen LogP contribution in [0, 0.1) is 13.8 Å². The molecule has 222 valence electrons. The molecule has 0 radical (unpaired) electrons. The molecule has 1 aromatic heterocycles. The average molecular weight is 559 g/mol. The smallest absolute Gasteiger partial charge is 0.399 e. The lowest BCUT2D eigenvalue weighted by atomic mass is 9.75. The number of aryl methyl sites for hydroxylation is 3. The van der Waals surface area contributed by atoms with Crippen LogP contribution in [0.3, 0.4) is 0 Å². The average Bonchev–Trinajstić information content (AvgIpc) is 3.39. The van der Waals surface area contributed by atoms with E-state index in [0.717, 1.165) is 23.9 Å². The van der Waals surface area contributed by atoms with Crippen molar-refractivity contribution in [3.8, 4) is 0 Å². The van der Waals surface area contributed by atoms with E-state index in [4.69, 9.17) is 18.6 Å². The summed E-state index contributed by atoms with van der Waals surface area (Å²) in [5.74, 6) is 0. The van der Waals surface area contributed by atoms with Gasteiger partial charge in [0.2, 0.25) is 0 Å². The zero-order valence-corrected chi connectivity index (χ0v) is 27.5. The first-order chi connectivity index (χ1) is 19.1. The molecule has 41 heavy (non-hydrogen) atoms. The third-order valence-electron chi connectivity index (χ3n) is 10.5. The Hall–Kier alpha value is -1.79. The molecule has 2 aromatic carbocycles. The van der Waals surface area contributed by atoms with E-state index in [1.807, 2.05) is 0 Å². The van der Waals surface area contributed by atoms with E-state index in [-0.39, 0.29) is 36.6 Å². The maximum atomic E-state index is 6.51. The quantitative estimate of drug-likeness (QED) is 0.203. The van der Waals surface area contributed by atoms with E-state index in [0.29, 0.717) is 0 Å². The molecule has 2 saturated heterocycles. The normalized spacial score (nSPS) is 21.0. The van der Waals surface area contributed by atoms with Crippen molar-refractivity contribution in [3.05, 3.63) is 35.4 Å². The van der Waals surface area contributed by atoms with Crippen LogP contribution in [0.2, 0.25) is 0 Å². The van der Waals surface area contributed by atoms with Gasteiger partial charge in [-0.1, -0.05) is 63.3 Å². The van der Waals surface area contributed by atoms with Crippen molar-refractivity contribution < 1.29 is 18.6 Å². The van der Waals surface area contributed by atoms with Crippen LogP contribution < -0.4 is 10.9 Å². The van der Waals surface area contributed by atoms with Crippen LogP contribution in [0.5, 0.6) is 0 Å². The molecule has 0 aliphatic carbocycles. The largest absolute Gasteiger partial charge is 0.495 e. The summed E-state index contributed by atoms with van der Waals surface area (Å²) >= 11 is 0. The van der Waals surface area contributed by atoms with Crippen LogP contribution in [-0.4, -0.2) is 41.2 Å². The SMILES string of the molecule is CCCCCCCCn1c2c(C)c(B3OC(C)(C)C(C)(C)O3)ccc2c2ccc(B3OC(C)(C)C(C)(C)O3)c(C)c21. The fraction of sp³-hybridized carbons (Fsp3) is 0.647. The fourth-order valence-electron chi connectivity index (χ4n) is 6.40. The summed E-state index contributed by atoms with van der Waals surface area (Å²) < 4.78 is 28.6. The highest BCUT2D eigenvalue weighted by Gasteiger charge is 2.53. The molecule has 0 bridgehead atoms. The molecule has 0 spiro atoms. The first-order valence-corrected chi connectivity index (χ1v) is 15.9. The molecule has 0 unspecified atom stereocenters. The second-order valence-electron chi connectivity index (χ2n) is 14.4. The first-order valence-electron chi connectivity index (χ1n) is 15.9. The number of rotatable bonds is 9.